The Kier molecular flexibility index (Phi) is 7.35. The van der Waals surface area contributed by atoms with Gasteiger partial charge in [-0.2, -0.15) is 0 Å². The smallest absolute Gasteiger partial charge is 0.123 e. The van der Waals surface area contributed by atoms with Crippen molar-refractivity contribution in [2.45, 2.75) is 26.3 Å². The summed E-state index contributed by atoms with van der Waals surface area (Å²) in [6, 6.07) is 12.9. The first kappa shape index (κ1) is 19.0. The van der Waals surface area contributed by atoms with Crippen molar-refractivity contribution in [1.82, 2.24) is 10.2 Å². The Hall–Kier alpha value is -1.29. The van der Waals surface area contributed by atoms with E-state index in [1.54, 1.807) is 7.11 Å². The number of nitrogens with zero attached hydrogens (tertiary/aromatic N) is 1. The van der Waals surface area contributed by atoms with Crippen LogP contribution in [-0.4, -0.2) is 38.2 Å². The van der Waals surface area contributed by atoms with E-state index in [1.807, 2.05) is 0 Å². The number of nitrogens with one attached hydrogen (secondary N) is 1. The highest BCUT2D eigenvalue weighted by molar-refractivity contribution is 5.87. The molecule has 1 aliphatic heterocycles. The van der Waals surface area contributed by atoms with Crippen molar-refractivity contribution in [3.05, 3.63) is 42.0 Å². The van der Waals surface area contributed by atoms with Gasteiger partial charge in [0.2, 0.25) is 0 Å². The number of halogens is 1. The summed E-state index contributed by atoms with van der Waals surface area (Å²) >= 11 is 0. The van der Waals surface area contributed by atoms with Gasteiger partial charge in [-0.15, -0.1) is 12.4 Å². The van der Waals surface area contributed by atoms with Crippen LogP contribution in [0.15, 0.2) is 36.4 Å². The van der Waals surface area contributed by atoms with Crippen LogP contribution >= 0.6 is 12.4 Å². The highest BCUT2D eigenvalue weighted by Gasteiger charge is 2.20. The van der Waals surface area contributed by atoms with E-state index in [-0.39, 0.29) is 12.4 Å². The van der Waals surface area contributed by atoms with Crippen LogP contribution in [0.1, 0.15) is 25.3 Å². The number of hydrogen-bond donors (Lipinski definition) is 1. The molecule has 2 aromatic rings. The summed E-state index contributed by atoms with van der Waals surface area (Å²) in [7, 11) is 1.77. The quantitative estimate of drug-likeness (QED) is 0.850. The van der Waals surface area contributed by atoms with Crippen molar-refractivity contribution >= 4 is 23.2 Å². The summed E-state index contributed by atoms with van der Waals surface area (Å²) in [5.41, 5.74) is 1.33. The molecule has 132 valence electrons. The number of rotatable bonds is 6. The first-order valence-electron chi connectivity index (χ1n) is 8.79. The molecule has 3 nitrogen and oxygen atoms in total. The maximum Gasteiger partial charge on any atom is 0.123 e. The molecule has 2 aromatic carbocycles. The third kappa shape index (κ3) is 4.41. The molecule has 3 rings (SSSR count). The largest absolute Gasteiger partial charge is 0.496 e. The van der Waals surface area contributed by atoms with Gasteiger partial charge in [0, 0.05) is 12.1 Å². The summed E-state index contributed by atoms with van der Waals surface area (Å²) < 4.78 is 5.63. The van der Waals surface area contributed by atoms with Crippen molar-refractivity contribution in [2.75, 3.05) is 33.3 Å². The maximum atomic E-state index is 5.63. The fourth-order valence-corrected chi connectivity index (χ4v) is 3.59. The molecule has 0 aliphatic carbocycles. The van der Waals surface area contributed by atoms with Crippen molar-refractivity contribution in [3.8, 4) is 5.75 Å². The van der Waals surface area contributed by atoms with Crippen molar-refractivity contribution in [2.24, 2.45) is 5.92 Å². The van der Waals surface area contributed by atoms with Crippen LogP contribution in [0.4, 0.5) is 0 Å². The number of fused-ring (bicyclic) bond motifs is 1. The molecule has 0 bridgehead atoms. The van der Waals surface area contributed by atoms with E-state index in [9.17, 15) is 0 Å². The number of piperidine rings is 1. The first-order valence-corrected chi connectivity index (χ1v) is 8.79. The van der Waals surface area contributed by atoms with E-state index in [4.69, 9.17) is 4.74 Å². The molecule has 1 N–H and O–H groups in total. The average Bonchev–Trinajstić information content (AvgIpc) is 2.61. The molecule has 1 heterocycles. The minimum Gasteiger partial charge on any atom is -0.496 e. The monoisotopic (exact) mass is 348 g/mol. The summed E-state index contributed by atoms with van der Waals surface area (Å²) in [6.45, 7) is 7.78. The fraction of sp³-hybridized carbons (Fsp3) is 0.500. The SMILES string of the molecule is CCNCC1CCN(Cc2c(OC)ccc3ccccc23)CC1.Cl. The van der Waals surface area contributed by atoms with Gasteiger partial charge in [-0.3, -0.25) is 4.90 Å². The maximum absolute atomic E-state index is 5.63. The zero-order valence-corrected chi connectivity index (χ0v) is 15.6. The molecule has 1 saturated heterocycles. The molecule has 0 atom stereocenters. The molecule has 0 unspecified atom stereocenters. The fourth-order valence-electron chi connectivity index (χ4n) is 3.59. The van der Waals surface area contributed by atoms with Gasteiger partial charge in [-0.25, -0.2) is 0 Å². The van der Waals surface area contributed by atoms with Gasteiger partial charge in [0.05, 0.1) is 7.11 Å². The van der Waals surface area contributed by atoms with Gasteiger partial charge in [-0.05, 0) is 61.8 Å². The van der Waals surface area contributed by atoms with E-state index in [2.05, 4.69) is 53.5 Å². The Labute approximate surface area is 151 Å². The van der Waals surface area contributed by atoms with E-state index in [0.29, 0.717) is 0 Å². The Balaban J connectivity index is 0.00000208. The molecule has 1 aliphatic rings. The van der Waals surface area contributed by atoms with Crippen LogP contribution in [0.2, 0.25) is 0 Å². The van der Waals surface area contributed by atoms with Crippen LogP contribution in [0.25, 0.3) is 10.8 Å². The van der Waals surface area contributed by atoms with Gasteiger partial charge >= 0.3 is 0 Å². The number of benzene rings is 2. The van der Waals surface area contributed by atoms with Crippen LogP contribution in [0, 0.1) is 5.92 Å². The molecule has 0 amide bonds. The van der Waals surface area contributed by atoms with Crippen molar-refractivity contribution in [1.29, 1.82) is 0 Å². The normalized spacial score (nSPS) is 16.1. The average molecular weight is 349 g/mol. The molecule has 24 heavy (non-hydrogen) atoms. The second-order valence-electron chi connectivity index (χ2n) is 6.49. The lowest BCUT2D eigenvalue weighted by Gasteiger charge is -2.32. The van der Waals surface area contributed by atoms with E-state index in [1.165, 1.54) is 48.8 Å². The summed E-state index contributed by atoms with van der Waals surface area (Å²) in [4.78, 5) is 2.58. The molecular formula is C20H29ClN2O. The second-order valence-corrected chi connectivity index (χ2v) is 6.49. The second kappa shape index (κ2) is 9.26. The highest BCUT2D eigenvalue weighted by Crippen LogP contribution is 2.30. The van der Waals surface area contributed by atoms with Crippen molar-refractivity contribution in [3.63, 3.8) is 0 Å². The third-order valence-corrected chi connectivity index (χ3v) is 4.99. The molecule has 0 radical (unpaired) electrons. The predicted octanol–water partition coefficient (Wildman–Crippen LogP) is 4.09. The van der Waals surface area contributed by atoms with Crippen LogP contribution < -0.4 is 10.1 Å². The Morgan fingerprint density at radius 3 is 2.58 bits per heavy atom. The molecular weight excluding hydrogens is 320 g/mol. The Bertz CT molecular complexity index is 639. The van der Waals surface area contributed by atoms with E-state index >= 15 is 0 Å². The standard InChI is InChI=1S/C20H28N2O.ClH/c1-3-21-14-16-10-12-22(13-11-16)15-19-18-7-5-4-6-17(18)8-9-20(19)23-2;/h4-9,16,21H,3,10-15H2,1-2H3;1H. The zero-order chi connectivity index (χ0) is 16.1. The lowest BCUT2D eigenvalue weighted by molar-refractivity contribution is 0.175. The Morgan fingerprint density at radius 1 is 1.12 bits per heavy atom. The highest BCUT2D eigenvalue weighted by atomic mass is 35.5. The van der Waals surface area contributed by atoms with Crippen LogP contribution in [0.3, 0.4) is 0 Å². The van der Waals surface area contributed by atoms with Gasteiger partial charge in [0.1, 0.15) is 5.75 Å². The van der Waals surface area contributed by atoms with E-state index < -0.39 is 0 Å². The summed E-state index contributed by atoms with van der Waals surface area (Å²) in [6.07, 6.45) is 2.58. The number of ether oxygens (including phenoxy) is 1. The first-order chi connectivity index (χ1) is 11.3. The van der Waals surface area contributed by atoms with Gasteiger partial charge in [0.15, 0.2) is 0 Å². The van der Waals surface area contributed by atoms with Gasteiger partial charge < -0.3 is 10.1 Å². The number of likely N-dealkylation sites (tertiary alicyclic amines) is 1. The number of methoxy groups -OCH3 is 1. The van der Waals surface area contributed by atoms with Gasteiger partial charge in [0.25, 0.3) is 0 Å². The molecule has 0 saturated carbocycles. The van der Waals surface area contributed by atoms with Crippen molar-refractivity contribution < 1.29 is 4.74 Å². The molecule has 1 fully saturated rings. The van der Waals surface area contributed by atoms with Crippen LogP contribution in [0.5, 0.6) is 5.75 Å². The molecule has 0 aromatic heterocycles. The number of hydrogen-bond acceptors (Lipinski definition) is 3. The molecule has 0 spiro atoms. The minimum absolute atomic E-state index is 0. The summed E-state index contributed by atoms with van der Waals surface area (Å²) in [5, 5.41) is 6.10. The topological polar surface area (TPSA) is 24.5 Å². The van der Waals surface area contributed by atoms with Gasteiger partial charge in [-0.1, -0.05) is 37.3 Å². The van der Waals surface area contributed by atoms with Crippen LogP contribution in [-0.2, 0) is 6.54 Å². The summed E-state index contributed by atoms with van der Waals surface area (Å²) in [5.74, 6) is 1.85. The lowest BCUT2D eigenvalue weighted by Crippen LogP contribution is -2.37. The lowest BCUT2D eigenvalue weighted by atomic mass is 9.95. The minimum atomic E-state index is 0. The van der Waals surface area contributed by atoms with E-state index in [0.717, 1.165) is 24.8 Å². The predicted molar refractivity (Wildman–Crippen MR) is 104 cm³/mol. The Morgan fingerprint density at radius 2 is 1.88 bits per heavy atom. The zero-order valence-electron chi connectivity index (χ0n) is 14.8. The third-order valence-electron chi connectivity index (χ3n) is 4.99. The molecule has 4 heteroatoms.